The highest BCUT2D eigenvalue weighted by atomic mass is 16.5. The van der Waals surface area contributed by atoms with Crippen molar-refractivity contribution in [1.82, 2.24) is 10.2 Å². The Labute approximate surface area is 130 Å². The van der Waals surface area contributed by atoms with E-state index in [-0.39, 0.29) is 0 Å². The van der Waals surface area contributed by atoms with Crippen LogP contribution in [-0.4, -0.2) is 76.8 Å². The molecule has 1 aliphatic heterocycles. The molecule has 1 heterocycles. The maximum Gasteiger partial charge on any atom is 0.0701 e. The smallest absolute Gasteiger partial charge is 0.0701 e. The van der Waals surface area contributed by atoms with Crippen LogP contribution in [0.15, 0.2) is 0 Å². The van der Waals surface area contributed by atoms with Gasteiger partial charge < -0.3 is 19.5 Å². The molecule has 0 aromatic carbocycles. The summed E-state index contributed by atoms with van der Waals surface area (Å²) in [7, 11) is 0. The summed E-state index contributed by atoms with van der Waals surface area (Å²) in [6, 6.07) is 0.587. The lowest BCUT2D eigenvalue weighted by Crippen LogP contribution is -2.37. The van der Waals surface area contributed by atoms with Gasteiger partial charge in [0.05, 0.1) is 33.0 Å². The van der Waals surface area contributed by atoms with Gasteiger partial charge in [-0.05, 0) is 32.9 Å². The second-order valence-corrected chi connectivity index (χ2v) is 5.70. The van der Waals surface area contributed by atoms with E-state index in [9.17, 15) is 0 Å². The Morgan fingerprint density at radius 2 is 1.67 bits per heavy atom. The molecule has 0 aromatic heterocycles. The van der Waals surface area contributed by atoms with Gasteiger partial charge in [-0.15, -0.1) is 0 Å². The number of hydrogen-bond donors (Lipinski definition) is 1. The molecule has 0 radical (unpaired) electrons. The van der Waals surface area contributed by atoms with Crippen LogP contribution in [-0.2, 0) is 14.2 Å². The molecule has 5 nitrogen and oxygen atoms in total. The summed E-state index contributed by atoms with van der Waals surface area (Å²) in [5.41, 5.74) is 0. The Morgan fingerprint density at radius 3 is 2.38 bits per heavy atom. The van der Waals surface area contributed by atoms with Crippen molar-refractivity contribution < 1.29 is 14.2 Å². The molecule has 126 valence electrons. The van der Waals surface area contributed by atoms with Gasteiger partial charge in [-0.1, -0.05) is 13.3 Å². The number of unbranched alkanes of at least 4 members (excludes halogenated alkanes) is 1. The van der Waals surface area contributed by atoms with Crippen LogP contribution in [0, 0.1) is 0 Å². The van der Waals surface area contributed by atoms with Crippen molar-refractivity contribution in [3.63, 3.8) is 0 Å². The number of hydrogen-bond acceptors (Lipinski definition) is 5. The first-order valence-corrected chi connectivity index (χ1v) is 8.52. The van der Waals surface area contributed by atoms with E-state index in [4.69, 9.17) is 14.2 Å². The highest BCUT2D eigenvalue weighted by Gasteiger charge is 2.13. The van der Waals surface area contributed by atoms with E-state index in [1.807, 2.05) is 0 Å². The van der Waals surface area contributed by atoms with Crippen molar-refractivity contribution in [2.75, 3.05) is 65.8 Å². The minimum Gasteiger partial charge on any atom is -0.379 e. The molecule has 0 aromatic rings. The van der Waals surface area contributed by atoms with Crippen molar-refractivity contribution >= 4 is 0 Å². The van der Waals surface area contributed by atoms with Gasteiger partial charge in [0.1, 0.15) is 0 Å². The molecular weight excluding hydrogens is 268 g/mol. The van der Waals surface area contributed by atoms with E-state index < -0.39 is 0 Å². The summed E-state index contributed by atoms with van der Waals surface area (Å²) in [6.07, 6.45) is 3.54. The molecule has 0 spiro atoms. The van der Waals surface area contributed by atoms with Crippen LogP contribution in [0.4, 0.5) is 0 Å². The molecular formula is C16H34N2O3. The lowest BCUT2D eigenvalue weighted by Gasteiger charge is -2.21. The SMILES string of the molecule is CCCCOCCOCCOCCN1CCCNC(C)C1. The lowest BCUT2D eigenvalue weighted by atomic mass is 10.3. The fraction of sp³-hybridized carbons (Fsp3) is 1.00. The van der Waals surface area contributed by atoms with E-state index in [1.165, 1.54) is 19.4 Å². The quantitative estimate of drug-likeness (QED) is 0.554. The predicted octanol–water partition coefficient (Wildman–Crippen LogP) is 1.52. The van der Waals surface area contributed by atoms with Gasteiger partial charge in [-0.3, -0.25) is 4.90 Å². The van der Waals surface area contributed by atoms with Crippen molar-refractivity contribution in [1.29, 1.82) is 0 Å². The second kappa shape index (κ2) is 13.5. The van der Waals surface area contributed by atoms with Crippen LogP contribution < -0.4 is 5.32 Å². The van der Waals surface area contributed by atoms with Crippen molar-refractivity contribution in [3.05, 3.63) is 0 Å². The average molecular weight is 302 g/mol. The standard InChI is InChI=1S/C16H34N2O3/c1-3-4-9-19-11-13-21-14-12-20-10-8-18-7-5-6-17-16(2)15-18/h16-17H,3-15H2,1-2H3. The first kappa shape index (κ1) is 18.8. The van der Waals surface area contributed by atoms with E-state index >= 15 is 0 Å². The molecule has 0 bridgehead atoms. The third-order valence-corrected chi connectivity index (χ3v) is 3.61. The highest BCUT2D eigenvalue weighted by Crippen LogP contribution is 1.99. The predicted molar refractivity (Wildman–Crippen MR) is 85.9 cm³/mol. The molecule has 1 unspecified atom stereocenters. The summed E-state index contributed by atoms with van der Waals surface area (Å²) in [5, 5.41) is 3.50. The molecule has 1 rings (SSSR count). The Balaban J connectivity index is 1.81. The van der Waals surface area contributed by atoms with E-state index in [2.05, 4.69) is 24.1 Å². The zero-order valence-corrected chi connectivity index (χ0v) is 13.9. The van der Waals surface area contributed by atoms with Gasteiger partial charge >= 0.3 is 0 Å². The Kier molecular flexibility index (Phi) is 12.1. The largest absolute Gasteiger partial charge is 0.379 e. The number of nitrogens with zero attached hydrogens (tertiary/aromatic N) is 1. The minimum atomic E-state index is 0.587. The second-order valence-electron chi connectivity index (χ2n) is 5.70. The summed E-state index contributed by atoms with van der Waals surface area (Å²) in [5.74, 6) is 0. The average Bonchev–Trinajstić information content (AvgIpc) is 2.69. The summed E-state index contributed by atoms with van der Waals surface area (Å²) in [4.78, 5) is 2.48. The van der Waals surface area contributed by atoms with Gasteiger partial charge in [0, 0.05) is 25.7 Å². The zero-order chi connectivity index (χ0) is 15.2. The molecule has 1 N–H and O–H groups in total. The van der Waals surface area contributed by atoms with Crippen LogP contribution in [0.5, 0.6) is 0 Å². The Bertz CT molecular complexity index is 230. The maximum absolute atomic E-state index is 5.63. The van der Waals surface area contributed by atoms with Gasteiger partial charge in [0.25, 0.3) is 0 Å². The van der Waals surface area contributed by atoms with Gasteiger partial charge in [0.15, 0.2) is 0 Å². The first-order chi connectivity index (χ1) is 10.3. The third-order valence-electron chi connectivity index (χ3n) is 3.61. The Hall–Kier alpha value is -0.200. The fourth-order valence-electron chi connectivity index (χ4n) is 2.38. The summed E-state index contributed by atoms with van der Waals surface area (Å²) in [6.45, 7) is 13.2. The fourth-order valence-corrected chi connectivity index (χ4v) is 2.38. The van der Waals surface area contributed by atoms with Gasteiger partial charge in [-0.2, -0.15) is 0 Å². The molecule has 5 heteroatoms. The summed E-state index contributed by atoms with van der Waals surface area (Å²) < 4.78 is 16.5. The lowest BCUT2D eigenvalue weighted by molar-refractivity contribution is 0.0102. The van der Waals surface area contributed by atoms with Crippen LogP contribution in [0.25, 0.3) is 0 Å². The molecule has 0 amide bonds. The molecule has 21 heavy (non-hydrogen) atoms. The van der Waals surface area contributed by atoms with E-state index in [0.29, 0.717) is 32.5 Å². The Morgan fingerprint density at radius 1 is 1.00 bits per heavy atom. The number of ether oxygens (including phenoxy) is 3. The molecule has 1 aliphatic rings. The topological polar surface area (TPSA) is 43.0 Å². The number of rotatable bonds is 12. The maximum atomic E-state index is 5.63. The van der Waals surface area contributed by atoms with Crippen LogP contribution >= 0.6 is 0 Å². The van der Waals surface area contributed by atoms with Crippen LogP contribution in [0.2, 0.25) is 0 Å². The minimum absolute atomic E-state index is 0.587. The third kappa shape index (κ3) is 11.1. The zero-order valence-electron chi connectivity index (χ0n) is 13.9. The highest BCUT2D eigenvalue weighted by molar-refractivity contribution is 4.72. The first-order valence-electron chi connectivity index (χ1n) is 8.52. The van der Waals surface area contributed by atoms with Crippen molar-refractivity contribution in [2.24, 2.45) is 0 Å². The molecule has 0 aliphatic carbocycles. The normalized spacial score (nSPS) is 20.6. The van der Waals surface area contributed by atoms with Crippen LogP contribution in [0.3, 0.4) is 0 Å². The number of nitrogens with one attached hydrogen (secondary N) is 1. The molecule has 1 saturated heterocycles. The van der Waals surface area contributed by atoms with Gasteiger partial charge in [-0.25, -0.2) is 0 Å². The van der Waals surface area contributed by atoms with Crippen molar-refractivity contribution in [3.8, 4) is 0 Å². The monoisotopic (exact) mass is 302 g/mol. The molecule has 1 fully saturated rings. The van der Waals surface area contributed by atoms with E-state index in [0.717, 1.165) is 39.3 Å². The van der Waals surface area contributed by atoms with Crippen LogP contribution in [0.1, 0.15) is 33.1 Å². The molecule has 0 saturated carbocycles. The van der Waals surface area contributed by atoms with Crippen molar-refractivity contribution in [2.45, 2.75) is 39.2 Å². The summed E-state index contributed by atoms with van der Waals surface area (Å²) >= 11 is 0. The van der Waals surface area contributed by atoms with E-state index in [1.54, 1.807) is 0 Å². The van der Waals surface area contributed by atoms with Gasteiger partial charge in [0.2, 0.25) is 0 Å². The molecule has 1 atom stereocenters.